The summed E-state index contributed by atoms with van der Waals surface area (Å²) in [6.45, 7) is 4.38. The largest absolute Gasteiger partial charge is 0.446 e. The van der Waals surface area contributed by atoms with Gasteiger partial charge in [0.15, 0.2) is 5.89 Å². The van der Waals surface area contributed by atoms with Gasteiger partial charge in [0.1, 0.15) is 5.76 Å². The summed E-state index contributed by atoms with van der Waals surface area (Å²) >= 11 is 0. The maximum absolute atomic E-state index is 5.66. The molecular formula is C12H20N2O2. The first-order valence-electron chi connectivity index (χ1n) is 6.05. The standard InChI is InChI=1S/C12H20N2O2/c1-9-12(10-4-7-15-8-5-10)14-11(16-9)3-2-6-13/h10H,2-8,13H2,1H3. The third kappa shape index (κ3) is 2.62. The van der Waals surface area contributed by atoms with Crippen molar-refractivity contribution in [1.82, 2.24) is 4.98 Å². The molecule has 1 saturated heterocycles. The predicted octanol–water partition coefficient (Wildman–Crippen LogP) is 1.77. The normalized spacial score (nSPS) is 17.9. The van der Waals surface area contributed by atoms with E-state index in [-0.39, 0.29) is 0 Å². The lowest BCUT2D eigenvalue weighted by atomic mass is 9.96. The van der Waals surface area contributed by atoms with Crippen molar-refractivity contribution in [3.63, 3.8) is 0 Å². The van der Waals surface area contributed by atoms with Crippen molar-refractivity contribution in [3.05, 3.63) is 17.3 Å². The third-order valence-electron chi connectivity index (χ3n) is 3.08. The van der Waals surface area contributed by atoms with E-state index in [1.807, 2.05) is 6.92 Å². The van der Waals surface area contributed by atoms with Crippen LogP contribution in [0.15, 0.2) is 4.42 Å². The van der Waals surface area contributed by atoms with Crippen LogP contribution in [0.4, 0.5) is 0 Å². The van der Waals surface area contributed by atoms with Gasteiger partial charge in [-0.15, -0.1) is 0 Å². The van der Waals surface area contributed by atoms with Crippen LogP contribution < -0.4 is 5.73 Å². The molecule has 0 unspecified atom stereocenters. The first-order valence-corrected chi connectivity index (χ1v) is 6.05. The summed E-state index contributed by atoms with van der Waals surface area (Å²) in [5, 5.41) is 0. The number of hydrogen-bond donors (Lipinski definition) is 1. The van der Waals surface area contributed by atoms with Crippen molar-refractivity contribution in [3.8, 4) is 0 Å². The van der Waals surface area contributed by atoms with Crippen LogP contribution in [0.5, 0.6) is 0 Å². The first kappa shape index (κ1) is 11.6. The summed E-state index contributed by atoms with van der Waals surface area (Å²) in [5.74, 6) is 2.33. The number of oxazole rings is 1. The minimum Gasteiger partial charge on any atom is -0.446 e. The Labute approximate surface area is 96.2 Å². The van der Waals surface area contributed by atoms with E-state index < -0.39 is 0 Å². The molecule has 16 heavy (non-hydrogen) atoms. The van der Waals surface area contributed by atoms with E-state index in [1.54, 1.807) is 0 Å². The van der Waals surface area contributed by atoms with Gasteiger partial charge in [0.2, 0.25) is 0 Å². The van der Waals surface area contributed by atoms with Crippen molar-refractivity contribution in [2.24, 2.45) is 5.73 Å². The summed E-state index contributed by atoms with van der Waals surface area (Å²) in [7, 11) is 0. The summed E-state index contributed by atoms with van der Waals surface area (Å²) in [6.07, 6.45) is 3.90. The van der Waals surface area contributed by atoms with E-state index in [1.165, 1.54) is 0 Å². The van der Waals surface area contributed by atoms with Crippen molar-refractivity contribution >= 4 is 0 Å². The molecule has 0 bridgehead atoms. The number of aryl methyl sites for hydroxylation is 2. The maximum atomic E-state index is 5.66. The molecule has 2 heterocycles. The van der Waals surface area contributed by atoms with Gasteiger partial charge in [0.25, 0.3) is 0 Å². The quantitative estimate of drug-likeness (QED) is 0.846. The monoisotopic (exact) mass is 224 g/mol. The van der Waals surface area contributed by atoms with Crippen LogP contribution in [0, 0.1) is 6.92 Å². The molecule has 90 valence electrons. The average Bonchev–Trinajstić information content (AvgIpc) is 2.69. The fourth-order valence-electron chi connectivity index (χ4n) is 2.17. The van der Waals surface area contributed by atoms with Crippen LogP contribution in [0.3, 0.4) is 0 Å². The van der Waals surface area contributed by atoms with E-state index in [9.17, 15) is 0 Å². The molecule has 1 fully saturated rings. The highest BCUT2D eigenvalue weighted by molar-refractivity contribution is 5.14. The topological polar surface area (TPSA) is 61.3 Å². The molecule has 2 N–H and O–H groups in total. The zero-order valence-electron chi connectivity index (χ0n) is 9.87. The summed E-state index contributed by atoms with van der Waals surface area (Å²) in [4.78, 5) is 4.59. The van der Waals surface area contributed by atoms with Gasteiger partial charge in [0, 0.05) is 25.6 Å². The number of nitrogens with zero attached hydrogens (tertiary/aromatic N) is 1. The molecule has 0 saturated carbocycles. The molecule has 1 aliphatic rings. The lowest BCUT2D eigenvalue weighted by molar-refractivity contribution is 0.0843. The molecule has 0 atom stereocenters. The van der Waals surface area contributed by atoms with Crippen molar-refractivity contribution in [2.75, 3.05) is 19.8 Å². The molecule has 1 aromatic rings. The Morgan fingerprint density at radius 1 is 1.38 bits per heavy atom. The molecule has 4 heteroatoms. The Morgan fingerprint density at radius 2 is 2.12 bits per heavy atom. The second-order valence-electron chi connectivity index (χ2n) is 4.33. The number of rotatable bonds is 4. The minimum atomic E-state index is 0.518. The Kier molecular flexibility index (Phi) is 3.96. The molecule has 2 rings (SSSR count). The fourth-order valence-corrected chi connectivity index (χ4v) is 2.17. The molecule has 0 spiro atoms. The summed E-state index contributed by atoms with van der Waals surface area (Å²) in [5.41, 5.74) is 6.61. The lowest BCUT2D eigenvalue weighted by Gasteiger charge is -2.20. The first-order chi connectivity index (χ1) is 7.81. The predicted molar refractivity (Wildman–Crippen MR) is 61.4 cm³/mol. The van der Waals surface area contributed by atoms with Crippen molar-refractivity contribution in [2.45, 2.75) is 38.5 Å². The van der Waals surface area contributed by atoms with E-state index >= 15 is 0 Å². The van der Waals surface area contributed by atoms with Gasteiger partial charge in [-0.3, -0.25) is 0 Å². The zero-order chi connectivity index (χ0) is 11.4. The zero-order valence-corrected chi connectivity index (χ0v) is 9.87. The van der Waals surface area contributed by atoms with E-state index in [0.29, 0.717) is 12.5 Å². The molecule has 0 aliphatic carbocycles. The highest BCUT2D eigenvalue weighted by Gasteiger charge is 2.22. The van der Waals surface area contributed by atoms with Gasteiger partial charge in [-0.1, -0.05) is 0 Å². The van der Waals surface area contributed by atoms with E-state index in [4.69, 9.17) is 14.9 Å². The Hall–Kier alpha value is -0.870. The third-order valence-corrected chi connectivity index (χ3v) is 3.08. The molecule has 0 aromatic carbocycles. The van der Waals surface area contributed by atoms with E-state index in [2.05, 4.69) is 4.98 Å². The van der Waals surface area contributed by atoms with Crippen LogP contribution >= 0.6 is 0 Å². The lowest BCUT2D eigenvalue weighted by Crippen LogP contribution is -2.15. The van der Waals surface area contributed by atoms with E-state index in [0.717, 1.165) is 56.2 Å². The minimum absolute atomic E-state index is 0.518. The number of ether oxygens (including phenoxy) is 1. The van der Waals surface area contributed by atoms with Crippen LogP contribution in [0.1, 0.15) is 42.5 Å². The van der Waals surface area contributed by atoms with Gasteiger partial charge < -0.3 is 14.9 Å². The molecular weight excluding hydrogens is 204 g/mol. The number of aromatic nitrogens is 1. The van der Waals surface area contributed by atoms with Crippen LogP contribution in [-0.4, -0.2) is 24.7 Å². The highest BCUT2D eigenvalue weighted by Crippen LogP contribution is 2.29. The number of nitrogens with two attached hydrogens (primary N) is 1. The van der Waals surface area contributed by atoms with Crippen molar-refractivity contribution < 1.29 is 9.15 Å². The summed E-state index contributed by atoms with van der Waals surface area (Å²) in [6, 6.07) is 0. The van der Waals surface area contributed by atoms with Gasteiger partial charge >= 0.3 is 0 Å². The molecule has 0 amide bonds. The Morgan fingerprint density at radius 3 is 2.81 bits per heavy atom. The SMILES string of the molecule is Cc1oc(CCCN)nc1C1CCOCC1. The smallest absolute Gasteiger partial charge is 0.194 e. The molecule has 4 nitrogen and oxygen atoms in total. The van der Waals surface area contributed by atoms with Crippen molar-refractivity contribution in [1.29, 1.82) is 0 Å². The second kappa shape index (κ2) is 5.46. The maximum Gasteiger partial charge on any atom is 0.194 e. The average molecular weight is 224 g/mol. The highest BCUT2D eigenvalue weighted by atomic mass is 16.5. The molecule has 1 aromatic heterocycles. The van der Waals surface area contributed by atoms with Crippen LogP contribution in [0.25, 0.3) is 0 Å². The Balaban J connectivity index is 2.04. The molecule has 0 radical (unpaired) electrons. The second-order valence-corrected chi connectivity index (χ2v) is 4.33. The van der Waals surface area contributed by atoms with Crippen LogP contribution in [0.2, 0.25) is 0 Å². The van der Waals surface area contributed by atoms with Gasteiger partial charge in [-0.2, -0.15) is 0 Å². The van der Waals surface area contributed by atoms with Gasteiger partial charge in [-0.05, 0) is 32.7 Å². The Bertz CT molecular complexity index is 330. The van der Waals surface area contributed by atoms with Crippen LogP contribution in [-0.2, 0) is 11.2 Å². The fraction of sp³-hybridized carbons (Fsp3) is 0.750. The van der Waals surface area contributed by atoms with Gasteiger partial charge in [0.05, 0.1) is 5.69 Å². The number of hydrogen-bond acceptors (Lipinski definition) is 4. The summed E-state index contributed by atoms with van der Waals surface area (Å²) < 4.78 is 11.0. The molecule has 1 aliphatic heterocycles. The van der Waals surface area contributed by atoms with Gasteiger partial charge in [-0.25, -0.2) is 4.98 Å².